The van der Waals surface area contributed by atoms with E-state index in [-0.39, 0.29) is 24.0 Å². The minimum Gasteiger partial charge on any atom is -0.493 e. The second-order valence-electron chi connectivity index (χ2n) is 6.02. The number of ether oxygens (including phenoxy) is 2. The fourth-order valence-corrected chi connectivity index (χ4v) is 3.88. The molecule has 1 aliphatic heterocycles. The lowest BCUT2D eigenvalue weighted by Crippen LogP contribution is -2.52. The van der Waals surface area contributed by atoms with Crippen molar-refractivity contribution in [3.8, 4) is 11.5 Å². The molecule has 27 heavy (non-hydrogen) atoms. The van der Waals surface area contributed by atoms with E-state index in [1.165, 1.54) is 5.00 Å². The second kappa shape index (κ2) is 10.6. The highest BCUT2D eigenvalue weighted by molar-refractivity contribution is 14.0. The van der Waals surface area contributed by atoms with E-state index in [0.717, 1.165) is 49.2 Å². The van der Waals surface area contributed by atoms with E-state index in [9.17, 15) is 0 Å². The topological polar surface area (TPSA) is 49.3 Å². The second-order valence-corrected chi connectivity index (χ2v) is 6.94. The van der Waals surface area contributed by atoms with Crippen LogP contribution in [0, 0.1) is 0 Å². The van der Waals surface area contributed by atoms with Crippen molar-refractivity contribution in [2.24, 2.45) is 4.99 Å². The van der Waals surface area contributed by atoms with Crippen molar-refractivity contribution in [3.63, 3.8) is 0 Å². The minimum atomic E-state index is 0. The van der Waals surface area contributed by atoms with Gasteiger partial charge < -0.3 is 24.6 Å². The first kappa shape index (κ1) is 21.6. The highest BCUT2D eigenvalue weighted by Crippen LogP contribution is 2.27. The summed E-state index contributed by atoms with van der Waals surface area (Å²) in [4.78, 5) is 9.19. The maximum Gasteiger partial charge on any atom is 0.194 e. The van der Waals surface area contributed by atoms with E-state index in [1.54, 1.807) is 25.6 Å². The summed E-state index contributed by atoms with van der Waals surface area (Å²) in [6.45, 7) is 4.64. The summed E-state index contributed by atoms with van der Waals surface area (Å²) in [6.07, 6.45) is 0. The molecule has 3 rings (SSSR count). The quantitative estimate of drug-likeness (QED) is 0.387. The predicted octanol–water partition coefficient (Wildman–Crippen LogP) is 3.28. The zero-order valence-electron chi connectivity index (χ0n) is 16.0. The van der Waals surface area contributed by atoms with Gasteiger partial charge in [-0.1, -0.05) is 6.07 Å². The molecular formula is C19H27IN4O2S. The van der Waals surface area contributed by atoms with E-state index < -0.39 is 0 Å². The van der Waals surface area contributed by atoms with Gasteiger partial charge in [0.15, 0.2) is 17.5 Å². The Bertz CT molecular complexity index is 731. The normalized spacial score (nSPS) is 14.6. The van der Waals surface area contributed by atoms with Crippen LogP contribution in [0.5, 0.6) is 11.5 Å². The summed E-state index contributed by atoms with van der Waals surface area (Å²) in [5.74, 6) is 2.42. The molecule has 0 unspecified atom stereocenters. The molecule has 0 saturated carbocycles. The highest BCUT2D eigenvalue weighted by Gasteiger charge is 2.20. The molecule has 2 aromatic rings. The molecule has 1 aromatic carbocycles. The van der Waals surface area contributed by atoms with Gasteiger partial charge in [-0.2, -0.15) is 0 Å². The SMILES string of the molecule is CN=C(NCc1ccc(OC)c(OC)c1)N1CCN(c2cccs2)CC1.I. The molecule has 1 fully saturated rings. The van der Waals surface area contributed by atoms with Gasteiger partial charge >= 0.3 is 0 Å². The average Bonchev–Trinajstić information content (AvgIpc) is 3.23. The fraction of sp³-hybridized carbons (Fsp3) is 0.421. The van der Waals surface area contributed by atoms with E-state index in [1.807, 2.05) is 25.2 Å². The van der Waals surface area contributed by atoms with Crippen molar-refractivity contribution in [3.05, 3.63) is 41.3 Å². The number of piperazine rings is 1. The Balaban J connectivity index is 0.00000261. The van der Waals surface area contributed by atoms with E-state index >= 15 is 0 Å². The van der Waals surface area contributed by atoms with Gasteiger partial charge in [-0.25, -0.2) is 0 Å². The number of aliphatic imine (C=N–C) groups is 1. The number of rotatable bonds is 5. The Morgan fingerprint density at radius 3 is 2.44 bits per heavy atom. The van der Waals surface area contributed by atoms with Crippen molar-refractivity contribution in [2.75, 3.05) is 52.3 Å². The van der Waals surface area contributed by atoms with Crippen LogP contribution in [0.25, 0.3) is 0 Å². The molecule has 0 amide bonds. The molecule has 1 saturated heterocycles. The highest BCUT2D eigenvalue weighted by atomic mass is 127. The summed E-state index contributed by atoms with van der Waals surface area (Å²) in [7, 11) is 5.14. The van der Waals surface area contributed by atoms with Crippen LogP contribution in [0.3, 0.4) is 0 Å². The van der Waals surface area contributed by atoms with Crippen LogP contribution in [0.15, 0.2) is 40.7 Å². The lowest BCUT2D eigenvalue weighted by atomic mass is 10.2. The van der Waals surface area contributed by atoms with Gasteiger partial charge in [-0.3, -0.25) is 4.99 Å². The molecule has 1 aliphatic rings. The van der Waals surface area contributed by atoms with Crippen LogP contribution in [0.1, 0.15) is 5.56 Å². The number of hydrogen-bond donors (Lipinski definition) is 1. The summed E-state index contributed by atoms with van der Waals surface area (Å²) >= 11 is 1.80. The van der Waals surface area contributed by atoms with Crippen LogP contribution in [-0.2, 0) is 6.54 Å². The molecule has 0 radical (unpaired) electrons. The van der Waals surface area contributed by atoms with E-state index in [4.69, 9.17) is 9.47 Å². The first-order chi connectivity index (χ1) is 12.7. The molecule has 148 valence electrons. The van der Waals surface area contributed by atoms with Crippen molar-refractivity contribution in [1.29, 1.82) is 0 Å². The predicted molar refractivity (Wildman–Crippen MR) is 123 cm³/mol. The molecule has 6 nitrogen and oxygen atoms in total. The third kappa shape index (κ3) is 5.41. The smallest absolute Gasteiger partial charge is 0.194 e. The van der Waals surface area contributed by atoms with Gasteiger partial charge in [-0.15, -0.1) is 35.3 Å². The van der Waals surface area contributed by atoms with Gasteiger partial charge in [0.05, 0.1) is 19.2 Å². The molecule has 2 heterocycles. The Morgan fingerprint density at radius 1 is 1.11 bits per heavy atom. The molecule has 0 atom stereocenters. The van der Waals surface area contributed by atoms with Crippen LogP contribution in [-0.4, -0.2) is 58.3 Å². The van der Waals surface area contributed by atoms with Crippen LogP contribution < -0.4 is 19.7 Å². The van der Waals surface area contributed by atoms with Gasteiger partial charge in [0, 0.05) is 39.8 Å². The molecule has 8 heteroatoms. The number of nitrogens with one attached hydrogen (secondary N) is 1. The zero-order valence-corrected chi connectivity index (χ0v) is 19.1. The fourth-order valence-electron chi connectivity index (χ4n) is 3.09. The number of nitrogens with zero attached hydrogens (tertiary/aromatic N) is 3. The first-order valence-electron chi connectivity index (χ1n) is 8.70. The Kier molecular flexibility index (Phi) is 8.49. The molecule has 0 bridgehead atoms. The van der Waals surface area contributed by atoms with Crippen LogP contribution in [0.4, 0.5) is 5.00 Å². The largest absolute Gasteiger partial charge is 0.493 e. The first-order valence-corrected chi connectivity index (χ1v) is 9.58. The Hall–Kier alpha value is -1.68. The third-order valence-corrected chi connectivity index (χ3v) is 5.44. The maximum atomic E-state index is 5.38. The molecule has 0 spiro atoms. The monoisotopic (exact) mass is 502 g/mol. The zero-order chi connectivity index (χ0) is 18.4. The molecular weight excluding hydrogens is 475 g/mol. The number of benzene rings is 1. The van der Waals surface area contributed by atoms with Crippen molar-refractivity contribution in [1.82, 2.24) is 10.2 Å². The summed E-state index contributed by atoms with van der Waals surface area (Å²) in [6, 6.07) is 10.3. The third-order valence-electron chi connectivity index (χ3n) is 4.51. The van der Waals surface area contributed by atoms with Crippen molar-refractivity contribution in [2.45, 2.75) is 6.54 Å². The van der Waals surface area contributed by atoms with Gasteiger partial charge in [-0.05, 0) is 35.2 Å². The lowest BCUT2D eigenvalue weighted by Gasteiger charge is -2.37. The number of methoxy groups -OCH3 is 2. The Labute approximate surface area is 182 Å². The Morgan fingerprint density at radius 2 is 1.85 bits per heavy atom. The summed E-state index contributed by atoms with van der Waals surface area (Å²) < 4.78 is 10.7. The number of hydrogen-bond acceptors (Lipinski definition) is 5. The summed E-state index contributed by atoms with van der Waals surface area (Å²) in [5.41, 5.74) is 1.13. The van der Waals surface area contributed by atoms with Crippen molar-refractivity contribution < 1.29 is 9.47 Å². The number of halogens is 1. The van der Waals surface area contributed by atoms with Gasteiger partial charge in [0.1, 0.15) is 0 Å². The van der Waals surface area contributed by atoms with E-state index in [2.05, 4.69) is 37.6 Å². The van der Waals surface area contributed by atoms with Crippen molar-refractivity contribution >= 4 is 46.3 Å². The number of guanidine groups is 1. The lowest BCUT2D eigenvalue weighted by molar-refractivity contribution is 0.354. The molecule has 0 aliphatic carbocycles. The molecule has 1 aromatic heterocycles. The number of anilines is 1. The van der Waals surface area contributed by atoms with Crippen LogP contribution in [0.2, 0.25) is 0 Å². The molecule has 1 N–H and O–H groups in total. The van der Waals surface area contributed by atoms with Gasteiger partial charge in [0.2, 0.25) is 0 Å². The summed E-state index contributed by atoms with van der Waals surface area (Å²) in [5, 5.41) is 6.93. The minimum absolute atomic E-state index is 0. The average molecular weight is 502 g/mol. The van der Waals surface area contributed by atoms with Gasteiger partial charge in [0.25, 0.3) is 0 Å². The van der Waals surface area contributed by atoms with E-state index in [0.29, 0.717) is 6.54 Å². The number of thiophene rings is 1. The standard InChI is InChI=1S/C19H26N4O2S.HI/c1-20-19(21-14-15-6-7-16(24-2)17(13-15)25-3)23-10-8-22(9-11-23)18-5-4-12-26-18;/h4-7,12-13H,8-11,14H2,1-3H3,(H,20,21);1H. The van der Waals surface area contributed by atoms with Crippen LogP contribution >= 0.6 is 35.3 Å². The maximum absolute atomic E-state index is 5.38.